The molecule has 0 aromatic rings. The number of fused-ring (bicyclic) bond motifs is 2. The van der Waals surface area contributed by atoms with Gasteiger partial charge in [-0.25, -0.2) is 0 Å². The minimum absolute atomic E-state index is 0.00579. The third-order valence-corrected chi connectivity index (χ3v) is 3.45. The van der Waals surface area contributed by atoms with Crippen LogP contribution in [0, 0.1) is 17.8 Å². The van der Waals surface area contributed by atoms with Crippen LogP contribution in [0.15, 0.2) is 0 Å². The molecule has 2 rings (SSSR count). The molecular weight excluding hydrogens is 154 g/mol. The van der Waals surface area contributed by atoms with E-state index >= 15 is 0 Å². The lowest BCUT2D eigenvalue weighted by Crippen LogP contribution is -2.40. The van der Waals surface area contributed by atoms with Crippen LogP contribution in [-0.4, -0.2) is 19.1 Å². The summed E-state index contributed by atoms with van der Waals surface area (Å²) in [7, 11) is 1.45. The molecule has 3 nitrogen and oxygen atoms in total. The van der Waals surface area contributed by atoms with E-state index in [2.05, 4.69) is 0 Å². The molecular formula is C9H15NO2. The Morgan fingerprint density at radius 2 is 2.08 bits per heavy atom. The third kappa shape index (κ3) is 0.959. The Balaban J connectivity index is 2.12. The highest BCUT2D eigenvalue weighted by Crippen LogP contribution is 2.47. The van der Waals surface area contributed by atoms with Gasteiger partial charge in [-0.05, 0) is 31.1 Å². The number of nitrogens with two attached hydrogens (primary N) is 1. The lowest BCUT2D eigenvalue weighted by Gasteiger charge is -2.25. The molecule has 2 saturated carbocycles. The molecule has 0 aliphatic heterocycles. The molecule has 0 amide bonds. The van der Waals surface area contributed by atoms with Gasteiger partial charge in [0.25, 0.3) is 0 Å². The topological polar surface area (TPSA) is 52.3 Å². The largest absolute Gasteiger partial charge is 0.469 e. The van der Waals surface area contributed by atoms with Crippen molar-refractivity contribution in [2.24, 2.45) is 23.5 Å². The van der Waals surface area contributed by atoms with Gasteiger partial charge in [0.2, 0.25) is 0 Å². The van der Waals surface area contributed by atoms with E-state index < -0.39 is 0 Å². The second-order valence-electron chi connectivity index (χ2n) is 3.96. The van der Waals surface area contributed by atoms with Gasteiger partial charge in [-0.15, -0.1) is 0 Å². The van der Waals surface area contributed by atoms with Gasteiger partial charge < -0.3 is 10.5 Å². The molecule has 0 spiro atoms. The predicted octanol–water partition coefficient (Wildman–Crippen LogP) is 0.533. The summed E-state index contributed by atoms with van der Waals surface area (Å²) in [6.07, 6.45) is 3.51. The predicted molar refractivity (Wildman–Crippen MR) is 44.3 cm³/mol. The zero-order valence-corrected chi connectivity index (χ0v) is 7.32. The molecule has 2 aliphatic rings. The summed E-state index contributed by atoms with van der Waals surface area (Å²) in [6, 6.07) is 0.0659. The van der Waals surface area contributed by atoms with Crippen LogP contribution in [0.4, 0.5) is 0 Å². The van der Waals surface area contributed by atoms with Crippen LogP contribution in [0.1, 0.15) is 19.3 Å². The summed E-state index contributed by atoms with van der Waals surface area (Å²) in [6.45, 7) is 0. The molecule has 0 saturated heterocycles. The molecule has 12 heavy (non-hydrogen) atoms. The molecule has 0 aromatic carbocycles. The summed E-state index contributed by atoms with van der Waals surface area (Å²) in [5.74, 6) is 0.986. The van der Waals surface area contributed by atoms with Crippen molar-refractivity contribution in [2.75, 3.05) is 7.11 Å². The van der Waals surface area contributed by atoms with Crippen molar-refractivity contribution < 1.29 is 9.53 Å². The number of carbonyl (C=O) groups excluding carboxylic acids is 1. The first-order valence-corrected chi connectivity index (χ1v) is 4.57. The molecule has 0 unspecified atom stereocenters. The Labute approximate surface area is 72.3 Å². The maximum atomic E-state index is 11.3. The zero-order valence-electron chi connectivity index (χ0n) is 7.32. The summed E-state index contributed by atoms with van der Waals surface area (Å²) >= 11 is 0. The fourth-order valence-corrected chi connectivity index (χ4v) is 2.82. The molecule has 68 valence electrons. The maximum Gasteiger partial charge on any atom is 0.310 e. The first-order chi connectivity index (χ1) is 5.74. The van der Waals surface area contributed by atoms with E-state index in [1.165, 1.54) is 13.5 Å². The van der Waals surface area contributed by atoms with Crippen LogP contribution >= 0.6 is 0 Å². The fraction of sp³-hybridized carbons (Fsp3) is 0.889. The van der Waals surface area contributed by atoms with E-state index in [1.54, 1.807) is 0 Å². The van der Waals surface area contributed by atoms with Gasteiger partial charge in [0, 0.05) is 6.04 Å². The summed E-state index contributed by atoms with van der Waals surface area (Å²) < 4.78 is 4.74. The Hall–Kier alpha value is -0.570. The molecule has 2 bridgehead atoms. The van der Waals surface area contributed by atoms with Crippen LogP contribution in [-0.2, 0) is 9.53 Å². The van der Waals surface area contributed by atoms with Crippen LogP contribution in [0.2, 0.25) is 0 Å². The van der Waals surface area contributed by atoms with Gasteiger partial charge in [0.1, 0.15) is 0 Å². The molecule has 2 aliphatic carbocycles. The van der Waals surface area contributed by atoms with E-state index in [0.717, 1.165) is 12.8 Å². The number of carbonyl (C=O) groups is 1. The Morgan fingerprint density at radius 3 is 2.58 bits per heavy atom. The summed E-state index contributed by atoms with van der Waals surface area (Å²) in [5.41, 5.74) is 5.94. The van der Waals surface area contributed by atoms with E-state index in [9.17, 15) is 4.79 Å². The highest BCUT2D eigenvalue weighted by molar-refractivity contribution is 5.74. The van der Waals surface area contributed by atoms with Crippen molar-refractivity contribution in [3.63, 3.8) is 0 Å². The second kappa shape index (κ2) is 2.73. The highest BCUT2D eigenvalue weighted by Gasteiger charge is 2.49. The highest BCUT2D eigenvalue weighted by atomic mass is 16.5. The number of hydrogen-bond donors (Lipinski definition) is 1. The number of ether oxygens (including phenoxy) is 1. The Bertz CT molecular complexity index is 203. The lowest BCUT2D eigenvalue weighted by molar-refractivity contribution is -0.147. The van der Waals surface area contributed by atoms with Crippen molar-refractivity contribution >= 4 is 5.97 Å². The van der Waals surface area contributed by atoms with Crippen molar-refractivity contribution in [1.29, 1.82) is 0 Å². The lowest BCUT2D eigenvalue weighted by atomic mass is 9.85. The van der Waals surface area contributed by atoms with Crippen molar-refractivity contribution in [2.45, 2.75) is 25.3 Å². The fourth-order valence-electron chi connectivity index (χ4n) is 2.82. The SMILES string of the molecule is COC(=O)[C@H]1[C@@H]2CC[C@@H](C2)[C@H]1N. The van der Waals surface area contributed by atoms with Gasteiger partial charge in [0.05, 0.1) is 13.0 Å². The number of methoxy groups -OCH3 is 1. The normalized spacial score (nSPS) is 44.8. The van der Waals surface area contributed by atoms with E-state index in [-0.39, 0.29) is 17.9 Å². The van der Waals surface area contributed by atoms with Gasteiger partial charge in [-0.2, -0.15) is 0 Å². The van der Waals surface area contributed by atoms with E-state index in [4.69, 9.17) is 10.5 Å². The van der Waals surface area contributed by atoms with Crippen LogP contribution in [0.25, 0.3) is 0 Å². The molecule has 0 aromatic heterocycles. The minimum atomic E-state index is -0.102. The summed E-state index contributed by atoms with van der Waals surface area (Å²) in [4.78, 5) is 11.3. The molecule has 2 fully saturated rings. The zero-order chi connectivity index (χ0) is 8.72. The Morgan fingerprint density at radius 1 is 1.42 bits per heavy atom. The monoisotopic (exact) mass is 169 g/mol. The van der Waals surface area contributed by atoms with Crippen molar-refractivity contribution in [3.8, 4) is 0 Å². The average Bonchev–Trinajstić information content (AvgIpc) is 2.63. The molecule has 2 N–H and O–H groups in total. The standard InChI is InChI=1S/C9H15NO2/c1-12-9(11)7-5-2-3-6(4-5)8(7)10/h5-8H,2-4,10H2,1H3/t5-,6+,7+,8-/m1/s1. The maximum absolute atomic E-state index is 11.3. The van der Waals surface area contributed by atoms with Gasteiger partial charge in [-0.1, -0.05) is 0 Å². The van der Waals surface area contributed by atoms with E-state index in [1.807, 2.05) is 0 Å². The first-order valence-electron chi connectivity index (χ1n) is 4.57. The molecule has 0 heterocycles. The number of esters is 1. The van der Waals surface area contributed by atoms with Crippen LogP contribution in [0.5, 0.6) is 0 Å². The Kier molecular flexibility index (Phi) is 1.83. The van der Waals surface area contributed by atoms with E-state index in [0.29, 0.717) is 11.8 Å². The van der Waals surface area contributed by atoms with Crippen LogP contribution < -0.4 is 5.73 Å². The first kappa shape index (κ1) is 8.05. The minimum Gasteiger partial charge on any atom is -0.469 e. The smallest absolute Gasteiger partial charge is 0.310 e. The second-order valence-corrected chi connectivity index (χ2v) is 3.96. The quantitative estimate of drug-likeness (QED) is 0.583. The van der Waals surface area contributed by atoms with Crippen molar-refractivity contribution in [1.82, 2.24) is 0 Å². The molecule has 0 radical (unpaired) electrons. The van der Waals surface area contributed by atoms with Gasteiger partial charge in [-0.3, -0.25) is 4.79 Å². The number of rotatable bonds is 1. The van der Waals surface area contributed by atoms with Crippen molar-refractivity contribution in [3.05, 3.63) is 0 Å². The van der Waals surface area contributed by atoms with Gasteiger partial charge >= 0.3 is 5.97 Å². The molecule has 3 heteroatoms. The van der Waals surface area contributed by atoms with Gasteiger partial charge in [0.15, 0.2) is 0 Å². The third-order valence-electron chi connectivity index (χ3n) is 3.45. The summed E-state index contributed by atoms with van der Waals surface area (Å²) in [5, 5.41) is 0. The number of hydrogen-bond acceptors (Lipinski definition) is 3. The molecule has 4 atom stereocenters. The average molecular weight is 169 g/mol. The van der Waals surface area contributed by atoms with Crippen LogP contribution in [0.3, 0.4) is 0 Å².